The van der Waals surface area contributed by atoms with Gasteiger partial charge in [0.15, 0.2) is 0 Å². The maximum atomic E-state index is 10.9. The van der Waals surface area contributed by atoms with Crippen LogP contribution >= 0.6 is 11.8 Å². The third-order valence-electron chi connectivity index (χ3n) is 2.95. The first-order chi connectivity index (χ1) is 8.70. The lowest BCUT2D eigenvalue weighted by atomic mass is 10.0. The van der Waals surface area contributed by atoms with Crippen LogP contribution in [0.15, 0.2) is 41.3 Å². The van der Waals surface area contributed by atoms with Crippen molar-refractivity contribution in [3.05, 3.63) is 42.0 Å². The van der Waals surface area contributed by atoms with Crippen molar-refractivity contribution in [3.63, 3.8) is 0 Å². The van der Waals surface area contributed by atoms with Gasteiger partial charge in [-0.1, -0.05) is 24.3 Å². The molecule has 0 saturated heterocycles. The lowest BCUT2D eigenvalue weighted by Crippen LogP contribution is -2.22. The Hall–Kier alpha value is -1.48. The minimum atomic E-state index is 0.0278. The van der Waals surface area contributed by atoms with Crippen molar-refractivity contribution in [1.29, 1.82) is 0 Å². The second kappa shape index (κ2) is 5.91. The fourth-order valence-electron chi connectivity index (χ4n) is 2.03. The number of fused-ring (bicyclic) bond motifs is 1. The smallest absolute Gasteiger partial charge is 0.216 e. The van der Waals surface area contributed by atoms with Crippen LogP contribution < -0.4 is 5.32 Å². The standard InChI is InChI=1S/C15H17NOS/c1-11(17)16-9-8-13-5-3-4-12-6-7-14(18-2)10-15(12)13/h3-7,10H,8-9H2,1-2H3,(H,16,17). The first kappa shape index (κ1) is 13.0. The Morgan fingerprint density at radius 3 is 2.83 bits per heavy atom. The molecular formula is C15H17NOS. The van der Waals surface area contributed by atoms with Gasteiger partial charge < -0.3 is 5.32 Å². The Balaban J connectivity index is 2.28. The fourth-order valence-corrected chi connectivity index (χ4v) is 2.47. The lowest BCUT2D eigenvalue weighted by Gasteiger charge is -2.08. The third kappa shape index (κ3) is 3.05. The van der Waals surface area contributed by atoms with E-state index in [9.17, 15) is 4.79 Å². The Kier molecular flexibility index (Phi) is 4.26. The van der Waals surface area contributed by atoms with Gasteiger partial charge in [0, 0.05) is 18.4 Å². The van der Waals surface area contributed by atoms with E-state index < -0.39 is 0 Å². The molecule has 18 heavy (non-hydrogen) atoms. The minimum Gasteiger partial charge on any atom is -0.356 e. The first-order valence-electron chi connectivity index (χ1n) is 6.01. The Morgan fingerprint density at radius 2 is 2.11 bits per heavy atom. The highest BCUT2D eigenvalue weighted by molar-refractivity contribution is 7.98. The van der Waals surface area contributed by atoms with Crippen LogP contribution in [0.2, 0.25) is 0 Å². The van der Waals surface area contributed by atoms with Crippen LogP contribution in [0.4, 0.5) is 0 Å². The van der Waals surface area contributed by atoms with Crippen molar-refractivity contribution in [2.45, 2.75) is 18.2 Å². The molecule has 3 heteroatoms. The van der Waals surface area contributed by atoms with E-state index in [1.807, 2.05) is 0 Å². The minimum absolute atomic E-state index is 0.0278. The largest absolute Gasteiger partial charge is 0.356 e. The highest BCUT2D eigenvalue weighted by Crippen LogP contribution is 2.24. The fraction of sp³-hybridized carbons (Fsp3) is 0.267. The molecule has 0 spiro atoms. The number of carbonyl (C=O) groups excluding carboxylic acids is 1. The van der Waals surface area contributed by atoms with E-state index in [4.69, 9.17) is 0 Å². The number of nitrogens with one attached hydrogen (secondary N) is 1. The zero-order valence-electron chi connectivity index (χ0n) is 10.7. The zero-order valence-corrected chi connectivity index (χ0v) is 11.5. The topological polar surface area (TPSA) is 29.1 Å². The van der Waals surface area contributed by atoms with Crippen molar-refractivity contribution in [2.75, 3.05) is 12.8 Å². The molecule has 2 aromatic carbocycles. The second-order valence-corrected chi connectivity index (χ2v) is 5.12. The summed E-state index contributed by atoms with van der Waals surface area (Å²) in [5.41, 5.74) is 1.29. The summed E-state index contributed by atoms with van der Waals surface area (Å²) in [4.78, 5) is 12.2. The van der Waals surface area contributed by atoms with Gasteiger partial charge in [-0.25, -0.2) is 0 Å². The van der Waals surface area contributed by atoms with Crippen LogP contribution in [0.5, 0.6) is 0 Å². The summed E-state index contributed by atoms with van der Waals surface area (Å²) in [6.45, 7) is 2.24. The zero-order chi connectivity index (χ0) is 13.0. The molecule has 2 aromatic rings. The first-order valence-corrected chi connectivity index (χ1v) is 7.23. The second-order valence-electron chi connectivity index (χ2n) is 4.24. The summed E-state index contributed by atoms with van der Waals surface area (Å²) in [5.74, 6) is 0.0278. The number of rotatable bonds is 4. The molecule has 0 atom stereocenters. The van der Waals surface area contributed by atoms with Crippen LogP contribution in [0, 0.1) is 0 Å². The number of hydrogen-bond acceptors (Lipinski definition) is 2. The predicted molar refractivity (Wildman–Crippen MR) is 78.1 cm³/mol. The number of amides is 1. The molecule has 0 bridgehead atoms. The van der Waals surface area contributed by atoms with Crippen molar-refractivity contribution in [3.8, 4) is 0 Å². The lowest BCUT2D eigenvalue weighted by molar-refractivity contribution is -0.118. The van der Waals surface area contributed by atoms with Crippen LogP contribution in [0.25, 0.3) is 10.8 Å². The van der Waals surface area contributed by atoms with E-state index >= 15 is 0 Å². The van der Waals surface area contributed by atoms with Crippen LogP contribution in [-0.4, -0.2) is 18.7 Å². The Morgan fingerprint density at radius 1 is 1.28 bits per heavy atom. The van der Waals surface area contributed by atoms with Gasteiger partial charge in [0.2, 0.25) is 5.91 Å². The molecule has 2 rings (SSSR count). The van der Waals surface area contributed by atoms with E-state index in [2.05, 4.69) is 48.0 Å². The summed E-state index contributed by atoms with van der Waals surface area (Å²) >= 11 is 1.75. The van der Waals surface area contributed by atoms with E-state index in [0.717, 1.165) is 6.42 Å². The van der Waals surface area contributed by atoms with E-state index in [1.54, 1.807) is 18.7 Å². The summed E-state index contributed by atoms with van der Waals surface area (Å²) in [6.07, 6.45) is 2.95. The van der Waals surface area contributed by atoms with Crippen molar-refractivity contribution >= 4 is 28.4 Å². The van der Waals surface area contributed by atoms with Gasteiger partial charge in [-0.3, -0.25) is 4.79 Å². The maximum absolute atomic E-state index is 10.9. The normalized spacial score (nSPS) is 10.6. The molecule has 94 valence electrons. The van der Waals surface area contributed by atoms with Gasteiger partial charge in [0.1, 0.15) is 0 Å². The van der Waals surface area contributed by atoms with Crippen LogP contribution in [0.1, 0.15) is 12.5 Å². The monoisotopic (exact) mass is 259 g/mol. The maximum Gasteiger partial charge on any atom is 0.216 e. The van der Waals surface area contributed by atoms with Gasteiger partial charge in [-0.15, -0.1) is 11.8 Å². The van der Waals surface area contributed by atoms with Crippen molar-refractivity contribution in [1.82, 2.24) is 5.32 Å². The summed E-state index contributed by atoms with van der Waals surface area (Å²) < 4.78 is 0. The Labute approximate surface area is 112 Å². The van der Waals surface area contributed by atoms with Gasteiger partial charge in [0.05, 0.1) is 0 Å². The molecule has 0 heterocycles. The van der Waals surface area contributed by atoms with Crippen molar-refractivity contribution < 1.29 is 4.79 Å². The average Bonchev–Trinajstić information content (AvgIpc) is 2.38. The Bertz CT molecular complexity index is 565. The van der Waals surface area contributed by atoms with Gasteiger partial charge in [-0.05, 0) is 41.1 Å². The molecule has 0 aromatic heterocycles. The summed E-state index contributed by atoms with van der Waals surface area (Å²) in [7, 11) is 0. The number of hydrogen-bond donors (Lipinski definition) is 1. The molecule has 0 aliphatic heterocycles. The predicted octanol–water partition coefficient (Wildman–Crippen LogP) is 3.24. The molecule has 0 radical (unpaired) electrons. The molecule has 0 aliphatic rings. The number of benzene rings is 2. The molecule has 0 fully saturated rings. The molecular weight excluding hydrogens is 242 g/mol. The summed E-state index contributed by atoms with van der Waals surface area (Å²) in [5, 5.41) is 5.39. The number of thioether (sulfide) groups is 1. The number of carbonyl (C=O) groups is 1. The van der Waals surface area contributed by atoms with E-state index in [-0.39, 0.29) is 5.91 Å². The third-order valence-corrected chi connectivity index (χ3v) is 3.67. The SMILES string of the molecule is CSc1ccc2cccc(CCNC(C)=O)c2c1. The molecule has 1 amide bonds. The van der Waals surface area contributed by atoms with Gasteiger partial charge >= 0.3 is 0 Å². The van der Waals surface area contributed by atoms with E-state index in [1.165, 1.54) is 21.2 Å². The van der Waals surface area contributed by atoms with E-state index in [0.29, 0.717) is 6.54 Å². The molecule has 0 saturated carbocycles. The van der Waals surface area contributed by atoms with Gasteiger partial charge in [-0.2, -0.15) is 0 Å². The highest BCUT2D eigenvalue weighted by atomic mass is 32.2. The summed E-state index contributed by atoms with van der Waals surface area (Å²) in [6, 6.07) is 12.9. The molecule has 0 aliphatic carbocycles. The quantitative estimate of drug-likeness (QED) is 0.854. The molecule has 0 unspecified atom stereocenters. The van der Waals surface area contributed by atoms with Gasteiger partial charge in [0.25, 0.3) is 0 Å². The van der Waals surface area contributed by atoms with Crippen LogP contribution in [0.3, 0.4) is 0 Å². The van der Waals surface area contributed by atoms with Crippen molar-refractivity contribution in [2.24, 2.45) is 0 Å². The highest BCUT2D eigenvalue weighted by Gasteiger charge is 2.02. The molecule has 2 nitrogen and oxygen atoms in total. The molecule has 1 N–H and O–H groups in total. The van der Waals surface area contributed by atoms with Crippen LogP contribution in [-0.2, 0) is 11.2 Å². The average molecular weight is 259 g/mol.